The van der Waals surface area contributed by atoms with Crippen LogP contribution in [-0.2, 0) is 12.0 Å². The van der Waals surface area contributed by atoms with Gasteiger partial charge in [0.1, 0.15) is 12.4 Å². The molecule has 196 valence electrons. The largest absolute Gasteiger partial charge is 0.493 e. The molecule has 1 heterocycles. The average molecular weight is 579 g/mol. The topological polar surface area (TPSA) is 109 Å². The van der Waals surface area contributed by atoms with Gasteiger partial charge in [-0.15, -0.1) is 0 Å². The molecule has 0 aliphatic heterocycles. The van der Waals surface area contributed by atoms with E-state index < -0.39 is 10.3 Å². The van der Waals surface area contributed by atoms with Gasteiger partial charge in [0.15, 0.2) is 5.75 Å². The minimum absolute atomic E-state index is 0.0139. The van der Waals surface area contributed by atoms with Gasteiger partial charge in [-0.2, -0.15) is 9.78 Å². The Morgan fingerprint density at radius 2 is 1.84 bits per heavy atom. The highest BCUT2D eigenvalue weighted by atomic mass is 79.9. The van der Waals surface area contributed by atoms with Crippen molar-refractivity contribution in [3.8, 4) is 11.5 Å². The van der Waals surface area contributed by atoms with Crippen LogP contribution in [0.5, 0.6) is 11.5 Å². The van der Waals surface area contributed by atoms with Gasteiger partial charge >= 0.3 is 5.69 Å². The molecule has 0 saturated carbocycles. The van der Waals surface area contributed by atoms with E-state index in [-0.39, 0.29) is 29.4 Å². The Labute approximate surface area is 228 Å². The number of benzene rings is 3. The lowest BCUT2D eigenvalue weighted by molar-refractivity contribution is -0.386. The van der Waals surface area contributed by atoms with Gasteiger partial charge in [-0.3, -0.25) is 14.9 Å². The van der Waals surface area contributed by atoms with Gasteiger partial charge in [0.05, 0.1) is 29.2 Å². The number of ether oxygens (including phenoxy) is 2. The Morgan fingerprint density at radius 1 is 1.13 bits per heavy atom. The monoisotopic (exact) mass is 578 g/mol. The fraction of sp³-hybridized carbons (Fsp3) is 0.250. The molecule has 4 rings (SSSR count). The van der Waals surface area contributed by atoms with Crippen molar-refractivity contribution >= 4 is 38.7 Å². The zero-order valence-electron chi connectivity index (χ0n) is 21.7. The second kappa shape index (κ2) is 10.7. The Bertz CT molecular complexity index is 1610. The first-order chi connectivity index (χ1) is 18.0. The molecule has 0 N–H and O–H groups in total. The van der Waals surface area contributed by atoms with Gasteiger partial charge in [0.25, 0.3) is 5.56 Å². The molecule has 0 aliphatic rings. The van der Waals surface area contributed by atoms with Crippen LogP contribution in [0.15, 0.2) is 69.0 Å². The number of nitro groups is 1. The molecule has 0 aliphatic carbocycles. The average Bonchev–Trinajstić information content (AvgIpc) is 2.87. The summed E-state index contributed by atoms with van der Waals surface area (Å²) < 4.78 is 13.2. The molecule has 38 heavy (non-hydrogen) atoms. The van der Waals surface area contributed by atoms with E-state index in [0.29, 0.717) is 22.3 Å². The fourth-order valence-electron chi connectivity index (χ4n) is 3.82. The predicted molar refractivity (Wildman–Crippen MR) is 151 cm³/mol. The molecule has 0 bridgehead atoms. The second-order valence-electron chi connectivity index (χ2n) is 9.81. The normalized spacial score (nSPS) is 11.7. The lowest BCUT2D eigenvalue weighted by atomic mass is 9.95. The summed E-state index contributed by atoms with van der Waals surface area (Å²) in [5.74, 6) is 0.643. The molecular formula is C28H27BrN4O5. The van der Waals surface area contributed by atoms with Gasteiger partial charge in [-0.1, -0.05) is 66.5 Å². The number of aromatic nitrogens is 2. The molecule has 3 aromatic carbocycles. The van der Waals surface area contributed by atoms with Crippen LogP contribution in [0.3, 0.4) is 0 Å². The van der Waals surface area contributed by atoms with Crippen LogP contribution >= 0.6 is 15.9 Å². The van der Waals surface area contributed by atoms with Crippen molar-refractivity contribution in [1.29, 1.82) is 0 Å². The summed E-state index contributed by atoms with van der Waals surface area (Å²) in [7, 11) is 1.41. The number of nitrogens with zero attached hydrogens (tertiary/aromatic N) is 4. The summed E-state index contributed by atoms with van der Waals surface area (Å²) in [6.45, 7) is 7.90. The SMILES string of the molecule is COc1cc(C=Nn2c(C(C)(C)C)nc3ccc(Br)cc3c2=O)cc([N+](=O)[O-])c1OCc1ccc(C)cc1. The number of halogens is 1. The maximum atomic E-state index is 13.4. The zero-order valence-corrected chi connectivity index (χ0v) is 23.3. The van der Waals surface area contributed by atoms with Crippen LogP contribution in [-0.4, -0.2) is 27.9 Å². The van der Waals surface area contributed by atoms with Gasteiger partial charge in [0.2, 0.25) is 5.75 Å². The summed E-state index contributed by atoms with van der Waals surface area (Å²) in [6, 6.07) is 15.9. The molecule has 0 fully saturated rings. The number of aryl methyl sites for hydroxylation is 1. The van der Waals surface area contributed by atoms with Gasteiger partial charge < -0.3 is 9.47 Å². The molecule has 1 aromatic heterocycles. The van der Waals surface area contributed by atoms with Crippen molar-refractivity contribution in [2.45, 2.75) is 39.7 Å². The Kier molecular flexibility index (Phi) is 7.63. The van der Waals surface area contributed by atoms with E-state index in [1.165, 1.54) is 24.1 Å². The molecule has 0 radical (unpaired) electrons. The number of rotatable bonds is 7. The first kappa shape index (κ1) is 27.0. The minimum Gasteiger partial charge on any atom is -0.493 e. The third kappa shape index (κ3) is 5.75. The van der Waals surface area contributed by atoms with Crippen molar-refractivity contribution in [3.05, 3.63) is 102 Å². The second-order valence-corrected chi connectivity index (χ2v) is 10.7. The molecular weight excluding hydrogens is 552 g/mol. The van der Waals surface area contributed by atoms with Crippen molar-refractivity contribution < 1.29 is 14.4 Å². The lowest BCUT2D eigenvalue weighted by Crippen LogP contribution is -2.29. The molecule has 10 heteroatoms. The highest BCUT2D eigenvalue weighted by Crippen LogP contribution is 2.38. The van der Waals surface area contributed by atoms with Crippen LogP contribution in [0.4, 0.5) is 5.69 Å². The van der Waals surface area contributed by atoms with Crippen LogP contribution in [0.25, 0.3) is 10.9 Å². The fourth-order valence-corrected chi connectivity index (χ4v) is 4.18. The molecule has 0 unspecified atom stereocenters. The molecule has 0 spiro atoms. The summed E-state index contributed by atoms with van der Waals surface area (Å²) >= 11 is 3.40. The molecule has 0 amide bonds. The molecule has 9 nitrogen and oxygen atoms in total. The van der Waals surface area contributed by atoms with Gasteiger partial charge in [0, 0.05) is 21.5 Å². The zero-order chi connectivity index (χ0) is 27.6. The Hall–Kier alpha value is -4.05. The quantitative estimate of drug-likeness (QED) is 0.148. The maximum Gasteiger partial charge on any atom is 0.315 e. The number of hydrogen-bond donors (Lipinski definition) is 0. The lowest BCUT2D eigenvalue weighted by Gasteiger charge is -2.20. The number of nitro benzene ring substituents is 1. The maximum absolute atomic E-state index is 13.4. The van der Waals surface area contributed by atoms with E-state index in [4.69, 9.17) is 9.47 Å². The van der Waals surface area contributed by atoms with Gasteiger partial charge in [-0.05, 0) is 36.8 Å². The Morgan fingerprint density at radius 3 is 2.47 bits per heavy atom. The van der Waals surface area contributed by atoms with E-state index in [1.54, 1.807) is 18.2 Å². The van der Waals surface area contributed by atoms with Gasteiger partial charge in [-0.25, -0.2) is 4.98 Å². The van der Waals surface area contributed by atoms with E-state index >= 15 is 0 Å². The predicted octanol–water partition coefficient (Wildman–Crippen LogP) is 6.14. The van der Waals surface area contributed by atoms with E-state index in [0.717, 1.165) is 15.6 Å². The minimum atomic E-state index is -0.536. The number of methoxy groups -OCH3 is 1. The summed E-state index contributed by atoms with van der Waals surface area (Å²) in [4.78, 5) is 29.5. The highest BCUT2D eigenvalue weighted by molar-refractivity contribution is 9.10. The van der Waals surface area contributed by atoms with Crippen LogP contribution < -0.4 is 15.0 Å². The summed E-state index contributed by atoms with van der Waals surface area (Å²) in [6.07, 6.45) is 1.38. The van der Waals surface area contributed by atoms with E-state index in [2.05, 4.69) is 26.0 Å². The third-order valence-electron chi connectivity index (χ3n) is 5.78. The van der Waals surface area contributed by atoms with Crippen LogP contribution in [0.1, 0.15) is 43.3 Å². The number of hydrogen-bond acceptors (Lipinski definition) is 7. The standard InChI is InChI=1S/C28H27BrN4O5/c1-17-6-8-18(9-7-17)16-38-25-23(33(35)36)12-19(13-24(25)37-5)15-30-32-26(34)21-14-20(29)10-11-22(21)31-27(32)28(2,3)4/h6-15H,16H2,1-5H3. The van der Waals surface area contributed by atoms with Crippen molar-refractivity contribution in [2.24, 2.45) is 5.10 Å². The van der Waals surface area contributed by atoms with Crippen molar-refractivity contribution in [1.82, 2.24) is 9.66 Å². The van der Waals surface area contributed by atoms with Crippen molar-refractivity contribution in [3.63, 3.8) is 0 Å². The summed E-state index contributed by atoms with van der Waals surface area (Å²) in [5, 5.41) is 16.8. The highest BCUT2D eigenvalue weighted by Gasteiger charge is 2.24. The Balaban J connectivity index is 1.77. The van der Waals surface area contributed by atoms with Crippen LogP contribution in [0, 0.1) is 17.0 Å². The van der Waals surface area contributed by atoms with Crippen LogP contribution in [0.2, 0.25) is 0 Å². The first-order valence-electron chi connectivity index (χ1n) is 11.8. The van der Waals surface area contributed by atoms with E-state index in [1.807, 2.05) is 58.0 Å². The molecule has 0 atom stereocenters. The third-order valence-corrected chi connectivity index (χ3v) is 6.27. The van der Waals surface area contributed by atoms with E-state index in [9.17, 15) is 14.9 Å². The molecule has 4 aromatic rings. The smallest absolute Gasteiger partial charge is 0.315 e. The molecule has 0 saturated heterocycles. The first-order valence-corrected chi connectivity index (χ1v) is 12.6. The summed E-state index contributed by atoms with van der Waals surface area (Å²) in [5.41, 5.74) is 1.75. The van der Waals surface area contributed by atoms with Crippen molar-refractivity contribution in [2.75, 3.05) is 7.11 Å². The number of fused-ring (bicyclic) bond motifs is 1.